The summed E-state index contributed by atoms with van der Waals surface area (Å²) in [5.74, 6) is 0.123. The SMILES string of the molecule is CCCCCCCCCCC(CO)Cc1ccc(F)cc1. The highest BCUT2D eigenvalue weighted by Crippen LogP contribution is 2.17. The van der Waals surface area contributed by atoms with Crippen LogP contribution in [0.25, 0.3) is 0 Å². The van der Waals surface area contributed by atoms with Gasteiger partial charge in [0.1, 0.15) is 5.82 Å². The Balaban J connectivity index is 2.09. The lowest BCUT2D eigenvalue weighted by molar-refractivity contribution is 0.214. The van der Waals surface area contributed by atoms with Crippen LogP contribution in [0.1, 0.15) is 70.3 Å². The van der Waals surface area contributed by atoms with Crippen LogP contribution >= 0.6 is 0 Å². The van der Waals surface area contributed by atoms with Gasteiger partial charge in [0.15, 0.2) is 0 Å². The van der Waals surface area contributed by atoms with E-state index in [1.807, 2.05) is 12.1 Å². The highest BCUT2D eigenvalue weighted by Gasteiger charge is 2.08. The van der Waals surface area contributed by atoms with Crippen LogP contribution in [0, 0.1) is 11.7 Å². The van der Waals surface area contributed by atoms with Gasteiger partial charge in [0, 0.05) is 6.61 Å². The fourth-order valence-electron chi connectivity index (χ4n) is 2.78. The van der Waals surface area contributed by atoms with Crippen LogP contribution in [0.3, 0.4) is 0 Å². The monoisotopic (exact) mass is 294 g/mol. The van der Waals surface area contributed by atoms with E-state index in [1.165, 1.54) is 63.5 Å². The third-order valence-electron chi connectivity index (χ3n) is 4.16. The summed E-state index contributed by atoms with van der Waals surface area (Å²) < 4.78 is 12.9. The van der Waals surface area contributed by atoms with Gasteiger partial charge < -0.3 is 5.11 Å². The lowest BCUT2D eigenvalue weighted by atomic mass is 9.94. The summed E-state index contributed by atoms with van der Waals surface area (Å²) in [7, 11) is 0. The van der Waals surface area contributed by atoms with E-state index in [4.69, 9.17) is 0 Å². The molecule has 1 rings (SSSR count). The van der Waals surface area contributed by atoms with Gasteiger partial charge in [0.2, 0.25) is 0 Å². The summed E-state index contributed by atoms with van der Waals surface area (Å²) in [6, 6.07) is 6.65. The van der Waals surface area contributed by atoms with E-state index >= 15 is 0 Å². The highest BCUT2D eigenvalue weighted by atomic mass is 19.1. The molecule has 1 N–H and O–H groups in total. The average Bonchev–Trinajstić information content (AvgIpc) is 2.50. The molecule has 21 heavy (non-hydrogen) atoms. The Hall–Kier alpha value is -0.890. The van der Waals surface area contributed by atoms with E-state index in [2.05, 4.69) is 6.92 Å². The number of hydrogen-bond acceptors (Lipinski definition) is 1. The maximum Gasteiger partial charge on any atom is 0.123 e. The molecule has 1 unspecified atom stereocenters. The highest BCUT2D eigenvalue weighted by molar-refractivity contribution is 5.16. The largest absolute Gasteiger partial charge is 0.396 e. The van der Waals surface area contributed by atoms with Crippen LogP contribution in [0.4, 0.5) is 4.39 Å². The van der Waals surface area contributed by atoms with Gasteiger partial charge in [-0.3, -0.25) is 0 Å². The van der Waals surface area contributed by atoms with Gasteiger partial charge in [-0.05, 0) is 36.5 Å². The number of hydrogen-bond donors (Lipinski definition) is 1. The van der Waals surface area contributed by atoms with Crippen molar-refractivity contribution in [2.75, 3.05) is 6.61 Å². The molecule has 0 aliphatic heterocycles. The summed E-state index contributed by atoms with van der Waals surface area (Å²) in [5, 5.41) is 9.47. The summed E-state index contributed by atoms with van der Waals surface area (Å²) in [6.07, 6.45) is 12.5. The number of benzene rings is 1. The predicted octanol–water partition coefficient (Wildman–Crippen LogP) is 5.51. The molecule has 120 valence electrons. The molecule has 0 spiro atoms. The first-order chi connectivity index (χ1) is 10.3. The lowest BCUT2D eigenvalue weighted by Crippen LogP contribution is -2.09. The quantitative estimate of drug-likeness (QED) is 0.504. The van der Waals surface area contributed by atoms with Gasteiger partial charge >= 0.3 is 0 Å². The first kappa shape index (κ1) is 18.2. The third-order valence-corrected chi connectivity index (χ3v) is 4.16. The zero-order valence-electron chi connectivity index (χ0n) is 13.5. The Labute approximate surface area is 129 Å². The van der Waals surface area contributed by atoms with E-state index in [-0.39, 0.29) is 12.4 Å². The van der Waals surface area contributed by atoms with E-state index in [9.17, 15) is 9.50 Å². The zero-order valence-corrected chi connectivity index (χ0v) is 13.5. The van der Waals surface area contributed by atoms with Crippen LogP contribution in [0.5, 0.6) is 0 Å². The second-order valence-corrected chi connectivity index (χ2v) is 6.14. The van der Waals surface area contributed by atoms with Gasteiger partial charge in [-0.25, -0.2) is 4.39 Å². The molecule has 0 radical (unpaired) electrons. The van der Waals surface area contributed by atoms with E-state index in [0.717, 1.165) is 18.4 Å². The fraction of sp³-hybridized carbons (Fsp3) is 0.684. The minimum absolute atomic E-state index is 0.192. The van der Waals surface area contributed by atoms with E-state index in [0.29, 0.717) is 5.92 Å². The molecular formula is C19H31FO. The van der Waals surface area contributed by atoms with Crippen molar-refractivity contribution in [2.45, 2.75) is 71.1 Å². The molecule has 0 saturated carbocycles. The number of aliphatic hydroxyl groups excluding tert-OH is 1. The van der Waals surface area contributed by atoms with Gasteiger partial charge in [0.05, 0.1) is 0 Å². The van der Waals surface area contributed by atoms with E-state index < -0.39 is 0 Å². The van der Waals surface area contributed by atoms with Crippen molar-refractivity contribution >= 4 is 0 Å². The topological polar surface area (TPSA) is 20.2 Å². The molecule has 1 aromatic carbocycles. The minimum atomic E-state index is -0.192. The van der Waals surface area contributed by atoms with Crippen LogP contribution in [-0.4, -0.2) is 11.7 Å². The number of unbranched alkanes of at least 4 members (excludes halogenated alkanes) is 7. The van der Waals surface area contributed by atoms with Crippen molar-refractivity contribution in [3.63, 3.8) is 0 Å². The van der Waals surface area contributed by atoms with Gasteiger partial charge in [0.25, 0.3) is 0 Å². The third kappa shape index (κ3) is 8.87. The molecule has 1 nitrogen and oxygen atoms in total. The summed E-state index contributed by atoms with van der Waals surface area (Å²) in [5.41, 5.74) is 1.12. The molecule has 1 atom stereocenters. The van der Waals surface area contributed by atoms with Crippen LogP contribution in [0.15, 0.2) is 24.3 Å². The Morgan fingerprint density at radius 1 is 0.905 bits per heavy atom. The zero-order chi connectivity index (χ0) is 15.3. The second kappa shape index (κ2) is 11.7. The second-order valence-electron chi connectivity index (χ2n) is 6.14. The lowest BCUT2D eigenvalue weighted by Gasteiger charge is -2.14. The summed E-state index contributed by atoms with van der Waals surface area (Å²) in [6.45, 7) is 2.48. The normalized spacial score (nSPS) is 12.5. The smallest absolute Gasteiger partial charge is 0.123 e. The van der Waals surface area contributed by atoms with Crippen LogP contribution in [-0.2, 0) is 6.42 Å². The molecule has 0 fully saturated rings. The van der Waals surface area contributed by atoms with Crippen molar-refractivity contribution < 1.29 is 9.50 Å². The Morgan fingerprint density at radius 3 is 2.05 bits per heavy atom. The first-order valence-corrected chi connectivity index (χ1v) is 8.61. The molecule has 1 aromatic rings. The number of aliphatic hydroxyl groups is 1. The van der Waals surface area contributed by atoms with Crippen molar-refractivity contribution in [3.8, 4) is 0 Å². The molecule has 0 amide bonds. The van der Waals surface area contributed by atoms with Gasteiger partial charge in [-0.2, -0.15) is 0 Å². The van der Waals surface area contributed by atoms with E-state index in [1.54, 1.807) is 0 Å². The Morgan fingerprint density at radius 2 is 1.48 bits per heavy atom. The average molecular weight is 294 g/mol. The van der Waals surface area contributed by atoms with Crippen molar-refractivity contribution in [1.29, 1.82) is 0 Å². The Kier molecular flexibility index (Phi) is 10.1. The number of halogens is 1. The van der Waals surface area contributed by atoms with Crippen molar-refractivity contribution in [2.24, 2.45) is 5.92 Å². The van der Waals surface area contributed by atoms with Crippen molar-refractivity contribution in [3.05, 3.63) is 35.6 Å². The molecule has 0 aliphatic carbocycles. The van der Waals surface area contributed by atoms with Gasteiger partial charge in [-0.1, -0.05) is 70.4 Å². The maximum absolute atomic E-state index is 12.9. The Bertz CT molecular complexity index is 347. The fourth-order valence-corrected chi connectivity index (χ4v) is 2.78. The maximum atomic E-state index is 12.9. The molecule has 0 bridgehead atoms. The van der Waals surface area contributed by atoms with Crippen molar-refractivity contribution in [1.82, 2.24) is 0 Å². The molecule has 0 aliphatic rings. The first-order valence-electron chi connectivity index (χ1n) is 8.61. The molecule has 0 heterocycles. The van der Waals surface area contributed by atoms with Gasteiger partial charge in [-0.15, -0.1) is 0 Å². The minimum Gasteiger partial charge on any atom is -0.396 e. The van der Waals surface area contributed by atoms with Crippen LogP contribution < -0.4 is 0 Å². The predicted molar refractivity (Wildman–Crippen MR) is 87.9 cm³/mol. The number of rotatable bonds is 12. The van der Waals surface area contributed by atoms with Crippen LogP contribution in [0.2, 0.25) is 0 Å². The molecule has 0 saturated heterocycles. The standard InChI is InChI=1S/C19H31FO/c1-2-3-4-5-6-7-8-9-10-18(16-21)15-17-11-13-19(20)14-12-17/h11-14,18,21H,2-10,15-16H2,1H3. The molecular weight excluding hydrogens is 263 g/mol. The summed E-state index contributed by atoms with van der Waals surface area (Å²) >= 11 is 0. The molecule has 0 aromatic heterocycles. The summed E-state index contributed by atoms with van der Waals surface area (Å²) in [4.78, 5) is 0. The molecule has 2 heteroatoms.